The van der Waals surface area contributed by atoms with Gasteiger partial charge in [-0.3, -0.25) is 9.89 Å². The second kappa shape index (κ2) is 11.3. The Morgan fingerprint density at radius 1 is 1.06 bits per heavy atom. The molecular weight excluding hydrogens is 389 g/mol. The van der Waals surface area contributed by atoms with Gasteiger partial charge < -0.3 is 15.5 Å². The summed E-state index contributed by atoms with van der Waals surface area (Å²) in [7, 11) is 3.95. The third-order valence-corrected chi connectivity index (χ3v) is 5.97. The minimum atomic E-state index is -0.179. The molecule has 0 radical (unpaired) electrons. The van der Waals surface area contributed by atoms with Gasteiger partial charge in [0.1, 0.15) is 5.82 Å². The molecular formula is C25H36FN5. The molecule has 0 bridgehead atoms. The average molecular weight is 426 g/mol. The van der Waals surface area contributed by atoms with E-state index in [0.29, 0.717) is 18.1 Å². The van der Waals surface area contributed by atoms with Crippen molar-refractivity contribution in [1.82, 2.24) is 20.4 Å². The third kappa shape index (κ3) is 7.04. The molecule has 1 unspecified atom stereocenters. The Morgan fingerprint density at radius 3 is 2.52 bits per heavy atom. The van der Waals surface area contributed by atoms with Gasteiger partial charge in [0.25, 0.3) is 0 Å². The molecule has 1 fully saturated rings. The van der Waals surface area contributed by atoms with Gasteiger partial charge in [0.2, 0.25) is 0 Å². The molecule has 3 rings (SSSR count). The van der Waals surface area contributed by atoms with E-state index in [2.05, 4.69) is 56.7 Å². The first kappa shape index (κ1) is 23.2. The van der Waals surface area contributed by atoms with Crippen LogP contribution in [0.25, 0.3) is 0 Å². The number of halogens is 1. The molecule has 6 heteroatoms. The van der Waals surface area contributed by atoms with Gasteiger partial charge in [0, 0.05) is 33.2 Å². The van der Waals surface area contributed by atoms with E-state index in [1.807, 2.05) is 19.1 Å². The molecule has 1 atom stereocenters. The largest absolute Gasteiger partial charge is 0.352 e. The first-order valence-corrected chi connectivity index (χ1v) is 11.2. The summed E-state index contributed by atoms with van der Waals surface area (Å²) in [6, 6.07) is 14.1. The van der Waals surface area contributed by atoms with Crippen LogP contribution < -0.4 is 10.6 Å². The van der Waals surface area contributed by atoms with Gasteiger partial charge >= 0.3 is 0 Å². The normalized spacial score (nSPS) is 17.3. The Morgan fingerprint density at radius 2 is 1.81 bits per heavy atom. The number of guanidine groups is 1. The number of aliphatic imine (C=N–C) groups is 1. The molecule has 0 spiro atoms. The van der Waals surface area contributed by atoms with Crippen LogP contribution in [0.5, 0.6) is 0 Å². The highest BCUT2D eigenvalue weighted by Gasteiger charge is 2.13. The molecule has 2 N–H and O–H groups in total. The summed E-state index contributed by atoms with van der Waals surface area (Å²) < 4.78 is 13.9. The summed E-state index contributed by atoms with van der Waals surface area (Å²) in [6.45, 7) is 10.1. The van der Waals surface area contributed by atoms with Gasteiger partial charge in [0.05, 0.1) is 6.04 Å². The highest BCUT2D eigenvalue weighted by Crippen LogP contribution is 2.16. The number of nitrogens with zero attached hydrogens (tertiary/aromatic N) is 3. The SMILES string of the molecule is CN=C(NCc1ccc(CN2CCCN(C)CC2)cc1)NC(C)c1ccc(C)c(F)c1. The van der Waals surface area contributed by atoms with E-state index >= 15 is 0 Å². The number of hydrogen-bond donors (Lipinski definition) is 2. The zero-order valence-electron chi connectivity index (χ0n) is 19.3. The van der Waals surface area contributed by atoms with Crippen LogP contribution in [0, 0.1) is 12.7 Å². The van der Waals surface area contributed by atoms with Crippen molar-refractivity contribution in [2.75, 3.05) is 40.3 Å². The molecule has 1 aliphatic rings. The van der Waals surface area contributed by atoms with Gasteiger partial charge in [-0.2, -0.15) is 0 Å². The van der Waals surface area contributed by atoms with Crippen LogP contribution in [-0.2, 0) is 13.1 Å². The van der Waals surface area contributed by atoms with Gasteiger partial charge in [-0.1, -0.05) is 36.4 Å². The summed E-state index contributed by atoms with van der Waals surface area (Å²) in [6.07, 6.45) is 1.23. The molecule has 168 valence electrons. The second-order valence-electron chi connectivity index (χ2n) is 8.55. The molecule has 1 saturated heterocycles. The van der Waals surface area contributed by atoms with Gasteiger partial charge in [-0.15, -0.1) is 0 Å². The Balaban J connectivity index is 1.49. The predicted molar refractivity (Wildman–Crippen MR) is 127 cm³/mol. The molecule has 0 aliphatic carbocycles. The quantitative estimate of drug-likeness (QED) is 0.547. The lowest BCUT2D eigenvalue weighted by atomic mass is 10.1. The summed E-state index contributed by atoms with van der Waals surface area (Å²) >= 11 is 0. The van der Waals surface area contributed by atoms with Crippen molar-refractivity contribution in [3.8, 4) is 0 Å². The molecule has 1 heterocycles. The molecule has 0 saturated carbocycles. The fourth-order valence-electron chi connectivity index (χ4n) is 3.83. The maximum Gasteiger partial charge on any atom is 0.191 e. The van der Waals surface area contributed by atoms with Gasteiger partial charge in [-0.05, 0) is 68.7 Å². The summed E-state index contributed by atoms with van der Waals surface area (Å²) in [4.78, 5) is 9.26. The Labute approximate surface area is 186 Å². The molecule has 5 nitrogen and oxygen atoms in total. The zero-order valence-corrected chi connectivity index (χ0v) is 19.3. The van der Waals surface area contributed by atoms with E-state index in [9.17, 15) is 4.39 Å². The zero-order chi connectivity index (χ0) is 22.2. The van der Waals surface area contributed by atoms with E-state index in [1.165, 1.54) is 30.6 Å². The summed E-state index contributed by atoms with van der Waals surface area (Å²) in [5.41, 5.74) is 4.11. The fraction of sp³-hybridized carbons (Fsp3) is 0.480. The van der Waals surface area contributed by atoms with Crippen LogP contribution >= 0.6 is 0 Å². The lowest BCUT2D eigenvalue weighted by molar-refractivity contribution is 0.269. The van der Waals surface area contributed by atoms with Crippen LogP contribution in [0.1, 0.15) is 41.6 Å². The van der Waals surface area contributed by atoms with Crippen molar-refractivity contribution >= 4 is 5.96 Å². The monoisotopic (exact) mass is 425 g/mol. The minimum absolute atomic E-state index is 0.0451. The second-order valence-corrected chi connectivity index (χ2v) is 8.55. The van der Waals surface area contributed by atoms with Gasteiger partial charge in [-0.25, -0.2) is 4.39 Å². The van der Waals surface area contributed by atoms with Crippen molar-refractivity contribution in [2.45, 2.75) is 39.4 Å². The number of rotatable bonds is 6. The minimum Gasteiger partial charge on any atom is -0.352 e. The molecule has 2 aromatic carbocycles. The van der Waals surface area contributed by atoms with Gasteiger partial charge in [0.15, 0.2) is 5.96 Å². The molecule has 1 aliphatic heterocycles. The number of benzene rings is 2. The highest BCUT2D eigenvalue weighted by atomic mass is 19.1. The Hall–Kier alpha value is -2.44. The molecule has 31 heavy (non-hydrogen) atoms. The molecule has 2 aromatic rings. The standard InChI is InChI=1S/C25H36FN5/c1-19-6-11-23(16-24(19)26)20(2)29-25(27-3)28-17-21-7-9-22(10-8-21)18-31-13-5-12-30(4)14-15-31/h6-11,16,20H,5,12-15,17-18H2,1-4H3,(H2,27,28,29). The lowest BCUT2D eigenvalue weighted by Gasteiger charge is -2.20. The maximum absolute atomic E-state index is 13.9. The van der Waals surface area contributed by atoms with Crippen molar-refractivity contribution < 1.29 is 4.39 Å². The predicted octanol–water partition coefficient (Wildman–Crippen LogP) is 3.70. The first-order chi connectivity index (χ1) is 14.9. The number of hydrogen-bond acceptors (Lipinski definition) is 3. The number of nitrogens with one attached hydrogen (secondary N) is 2. The van der Waals surface area contributed by atoms with E-state index < -0.39 is 0 Å². The van der Waals surface area contributed by atoms with Crippen molar-refractivity contribution in [1.29, 1.82) is 0 Å². The Bertz CT molecular complexity index is 865. The molecule has 0 aromatic heterocycles. The summed E-state index contributed by atoms with van der Waals surface area (Å²) in [5.74, 6) is 0.521. The Kier molecular flexibility index (Phi) is 8.43. The first-order valence-electron chi connectivity index (χ1n) is 11.2. The van der Waals surface area contributed by atoms with Crippen LogP contribution in [0.2, 0.25) is 0 Å². The molecule has 0 amide bonds. The van der Waals surface area contributed by atoms with Crippen LogP contribution in [0.3, 0.4) is 0 Å². The number of likely N-dealkylation sites (N-methyl/N-ethyl adjacent to an activating group) is 1. The van der Waals surface area contributed by atoms with E-state index in [1.54, 1.807) is 20.0 Å². The maximum atomic E-state index is 13.9. The van der Waals surface area contributed by atoms with Crippen molar-refractivity contribution in [2.24, 2.45) is 4.99 Å². The smallest absolute Gasteiger partial charge is 0.191 e. The average Bonchev–Trinajstić information content (AvgIpc) is 2.97. The summed E-state index contributed by atoms with van der Waals surface area (Å²) in [5, 5.41) is 6.69. The fourth-order valence-corrected chi connectivity index (χ4v) is 3.83. The topological polar surface area (TPSA) is 42.9 Å². The van der Waals surface area contributed by atoms with E-state index in [-0.39, 0.29) is 11.9 Å². The number of aryl methyl sites for hydroxylation is 1. The van der Waals surface area contributed by atoms with Crippen LogP contribution in [-0.4, -0.2) is 56.0 Å². The van der Waals surface area contributed by atoms with Crippen molar-refractivity contribution in [3.05, 3.63) is 70.5 Å². The van der Waals surface area contributed by atoms with E-state index in [0.717, 1.165) is 25.2 Å². The van der Waals surface area contributed by atoms with Crippen molar-refractivity contribution in [3.63, 3.8) is 0 Å². The van der Waals surface area contributed by atoms with Crippen LogP contribution in [0.4, 0.5) is 4.39 Å². The third-order valence-electron chi connectivity index (χ3n) is 5.97. The van der Waals surface area contributed by atoms with Crippen LogP contribution in [0.15, 0.2) is 47.5 Å². The van der Waals surface area contributed by atoms with E-state index in [4.69, 9.17) is 0 Å². The lowest BCUT2D eigenvalue weighted by Crippen LogP contribution is -2.38. The highest BCUT2D eigenvalue weighted by molar-refractivity contribution is 5.80.